The lowest BCUT2D eigenvalue weighted by atomic mass is 10.2. The molecule has 1 aromatic carbocycles. The lowest BCUT2D eigenvalue weighted by Gasteiger charge is -2.17. The van der Waals surface area contributed by atoms with Gasteiger partial charge in [0.1, 0.15) is 10.8 Å². The van der Waals surface area contributed by atoms with Crippen LogP contribution < -0.4 is 4.74 Å². The Hall–Kier alpha value is -1.95. The van der Waals surface area contributed by atoms with Crippen molar-refractivity contribution in [3.05, 3.63) is 36.0 Å². The topological polar surface area (TPSA) is 47.4 Å². The maximum atomic E-state index is 12.3. The van der Waals surface area contributed by atoms with E-state index in [9.17, 15) is 4.79 Å². The van der Waals surface area contributed by atoms with Gasteiger partial charge in [-0.3, -0.25) is 0 Å². The highest BCUT2D eigenvalue weighted by Crippen LogP contribution is 2.36. The van der Waals surface area contributed by atoms with E-state index >= 15 is 0 Å². The number of carbonyl (C=O) groups is 1. The van der Waals surface area contributed by atoms with E-state index in [4.69, 9.17) is 4.74 Å². The highest BCUT2D eigenvalue weighted by atomic mass is 32.2. The third-order valence-corrected chi connectivity index (χ3v) is 4.55. The van der Waals surface area contributed by atoms with E-state index in [1.54, 1.807) is 18.2 Å². The molecule has 0 unspecified atom stereocenters. The molecule has 0 radical (unpaired) electrons. The van der Waals surface area contributed by atoms with Gasteiger partial charge in [0.2, 0.25) is 0 Å². The molecule has 2 aromatic rings. The minimum atomic E-state index is -0.103. The summed E-state index contributed by atoms with van der Waals surface area (Å²) >= 11 is 1.50. The van der Waals surface area contributed by atoms with Crippen molar-refractivity contribution < 1.29 is 9.53 Å². The number of hydrogen-bond acceptors (Lipinski definition) is 4. The highest BCUT2D eigenvalue weighted by Gasteiger charge is 2.15. The van der Waals surface area contributed by atoms with E-state index in [-0.39, 0.29) is 6.03 Å². The summed E-state index contributed by atoms with van der Waals surface area (Å²) in [5.74, 6) is 0.814. The summed E-state index contributed by atoms with van der Waals surface area (Å²) in [6.07, 6.45) is 1.70. The zero-order valence-electron chi connectivity index (χ0n) is 13.4. The molecular weight excluding hydrogens is 298 g/mol. The largest absolute Gasteiger partial charge is 0.496 e. The summed E-state index contributed by atoms with van der Waals surface area (Å²) in [5, 5.41) is 5.14. The molecule has 0 bridgehead atoms. The van der Waals surface area contributed by atoms with Gasteiger partial charge in [0.25, 0.3) is 0 Å². The zero-order chi connectivity index (χ0) is 16.1. The van der Waals surface area contributed by atoms with Gasteiger partial charge in [-0.2, -0.15) is 9.78 Å². The highest BCUT2D eigenvalue weighted by molar-refractivity contribution is 7.99. The molecule has 0 saturated carbocycles. The molecule has 5 nitrogen and oxygen atoms in total. The van der Waals surface area contributed by atoms with Crippen molar-refractivity contribution in [2.24, 2.45) is 0 Å². The lowest BCUT2D eigenvalue weighted by Crippen LogP contribution is -2.34. The summed E-state index contributed by atoms with van der Waals surface area (Å²) in [6.45, 7) is 7.28. The molecule has 22 heavy (non-hydrogen) atoms. The molecule has 0 saturated heterocycles. The fraction of sp³-hybridized carbons (Fsp3) is 0.375. The van der Waals surface area contributed by atoms with E-state index in [1.165, 1.54) is 16.4 Å². The number of nitrogens with zero attached hydrogens (tertiary/aromatic N) is 3. The second-order valence-electron chi connectivity index (χ2n) is 4.76. The monoisotopic (exact) mass is 319 g/mol. The van der Waals surface area contributed by atoms with Crippen LogP contribution >= 0.6 is 11.8 Å². The van der Waals surface area contributed by atoms with Gasteiger partial charge in [-0.1, -0.05) is 23.9 Å². The number of aryl methyl sites for hydroxylation is 1. The van der Waals surface area contributed by atoms with Crippen LogP contribution in [0.5, 0.6) is 5.75 Å². The van der Waals surface area contributed by atoms with Crippen LogP contribution in [0, 0.1) is 6.92 Å². The fourth-order valence-corrected chi connectivity index (χ4v) is 3.08. The van der Waals surface area contributed by atoms with Crippen molar-refractivity contribution in [2.45, 2.75) is 30.7 Å². The van der Waals surface area contributed by atoms with Gasteiger partial charge >= 0.3 is 6.03 Å². The van der Waals surface area contributed by atoms with Gasteiger partial charge in [-0.05, 0) is 38.5 Å². The number of ether oxygens (including phenoxy) is 1. The third-order valence-electron chi connectivity index (χ3n) is 3.40. The predicted molar refractivity (Wildman–Crippen MR) is 87.8 cm³/mol. The van der Waals surface area contributed by atoms with E-state index in [2.05, 4.69) is 5.10 Å². The molecule has 1 amide bonds. The predicted octanol–water partition coefficient (Wildman–Crippen LogP) is 3.66. The molecule has 0 spiro atoms. The first-order chi connectivity index (χ1) is 10.6. The lowest BCUT2D eigenvalue weighted by molar-refractivity contribution is 0.201. The van der Waals surface area contributed by atoms with Crippen LogP contribution in [0.15, 0.2) is 40.4 Å². The Balaban J connectivity index is 2.21. The van der Waals surface area contributed by atoms with E-state index in [0.717, 1.165) is 21.2 Å². The maximum absolute atomic E-state index is 12.3. The van der Waals surface area contributed by atoms with Gasteiger partial charge in [0.15, 0.2) is 0 Å². The Bertz CT molecular complexity index is 651. The van der Waals surface area contributed by atoms with Crippen LogP contribution in [0.2, 0.25) is 0 Å². The summed E-state index contributed by atoms with van der Waals surface area (Å²) in [7, 11) is 1.65. The van der Waals surface area contributed by atoms with Crippen molar-refractivity contribution in [3.8, 4) is 5.75 Å². The van der Waals surface area contributed by atoms with E-state index < -0.39 is 0 Å². The number of methoxy groups -OCH3 is 1. The Morgan fingerprint density at radius 1 is 1.32 bits per heavy atom. The molecule has 0 aliphatic heterocycles. The minimum absolute atomic E-state index is 0.103. The molecule has 2 rings (SSSR count). The second kappa shape index (κ2) is 7.35. The number of hydrogen-bond donors (Lipinski definition) is 0. The number of carbonyl (C=O) groups excluding carboxylic acids is 1. The molecule has 118 valence electrons. The molecule has 1 heterocycles. The molecule has 0 aliphatic carbocycles. The number of rotatable bonds is 5. The van der Waals surface area contributed by atoms with Crippen LogP contribution in [0.4, 0.5) is 4.79 Å². The summed E-state index contributed by atoms with van der Waals surface area (Å²) < 4.78 is 6.78. The van der Waals surface area contributed by atoms with Crippen molar-refractivity contribution in [3.63, 3.8) is 0 Å². The molecule has 1 aromatic heterocycles. The van der Waals surface area contributed by atoms with Crippen molar-refractivity contribution >= 4 is 17.8 Å². The minimum Gasteiger partial charge on any atom is -0.496 e. The maximum Gasteiger partial charge on any atom is 0.344 e. The fourth-order valence-electron chi connectivity index (χ4n) is 2.13. The van der Waals surface area contributed by atoms with Crippen molar-refractivity contribution in [2.75, 3.05) is 20.2 Å². The Kier molecular flexibility index (Phi) is 5.49. The number of aromatic nitrogens is 2. The molecular formula is C16H21N3O2S. The standard InChI is InChI=1S/C16H21N3O2S/c1-5-18(6-2)16(20)19-11-10-14(17-19)22-15-12(3)8-7-9-13(15)21-4/h7-11H,5-6H2,1-4H3. The summed E-state index contributed by atoms with van der Waals surface area (Å²) in [6, 6.07) is 7.66. The molecule has 0 aliphatic rings. The first-order valence-corrected chi connectivity index (χ1v) is 8.08. The van der Waals surface area contributed by atoms with Gasteiger partial charge in [-0.15, -0.1) is 0 Å². The normalized spacial score (nSPS) is 10.5. The van der Waals surface area contributed by atoms with Gasteiger partial charge in [0.05, 0.1) is 12.0 Å². The summed E-state index contributed by atoms with van der Waals surface area (Å²) in [5.41, 5.74) is 1.12. The van der Waals surface area contributed by atoms with Gasteiger partial charge in [0, 0.05) is 19.3 Å². The van der Waals surface area contributed by atoms with Crippen molar-refractivity contribution in [1.82, 2.24) is 14.7 Å². The molecule has 0 fully saturated rings. The average Bonchev–Trinajstić information content (AvgIpc) is 2.99. The third kappa shape index (κ3) is 3.44. The Morgan fingerprint density at radius 2 is 2.05 bits per heavy atom. The SMILES string of the molecule is CCN(CC)C(=O)n1ccc(Sc2c(C)cccc2OC)n1. The van der Waals surface area contributed by atoms with Crippen LogP contribution in [0.3, 0.4) is 0 Å². The van der Waals surface area contributed by atoms with E-state index in [1.807, 2.05) is 45.0 Å². The second-order valence-corrected chi connectivity index (χ2v) is 5.79. The molecule has 0 N–H and O–H groups in total. The van der Waals surface area contributed by atoms with Gasteiger partial charge < -0.3 is 9.64 Å². The average molecular weight is 319 g/mol. The van der Waals surface area contributed by atoms with Crippen molar-refractivity contribution in [1.29, 1.82) is 0 Å². The first-order valence-electron chi connectivity index (χ1n) is 7.27. The summed E-state index contributed by atoms with van der Waals surface area (Å²) in [4.78, 5) is 15.0. The number of benzene rings is 1. The van der Waals surface area contributed by atoms with Gasteiger partial charge in [-0.25, -0.2) is 4.79 Å². The van der Waals surface area contributed by atoms with Crippen LogP contribution in [0.25, 0.3) is 0 Å². The Labute approximate surface area is 135 Å². The quantitative estimate of drug-likeness (QED) is 0.844. The molecule has 6 heteroatoms. The number of amides is 1. The van der Waals surface area contributed by atoms with E-state index in [0.29, 0.717) is 13.1 Å². The van der Waals surface area contributed by atoms with Crippen LogP contribution in [-0.4, -0.2) is 40.9 Å². The molecule has 0 atom stereocenters. The smallest absolute Gasteiger partial charge is 0.344 e. The Morgan fingerprint density at radius 3 is 2.68 bits per heavy atom. The van der Waals surface area contributed by atoms with Crippen LogP contribution in [-0.2, 0) is 0 Å². The zero-order valence-corrected chi connectivity index (χ0v) is 14.2. The first kappa shape index (κ1) is 16.4. The van der Waals surface area contributed by atoms with Crippen LogP contribution in [0.1, 0.15) is 19.4 Å².